The Hall–Kier alpha value is -4.01. The molecule has 0 aliphatic heterocycles. The van der Waals surface area contributed by atoms with Crippen LogP contribution in [0.15, 0.2) is 70.7 Å². The molecule has 0 spiro atoms. The Morgan fingerprint density at radius 3 is 2.30 bits per heavy atom. The van der Waals surface area contributed by atoms with Crippen LogP contribution >= 0.6 is 23.4 Å². The largest absolute Gasteiger partial charge is 0.449 e. The molecule has 1 atom stereocenters. The maximum absolute atomic E-state index is 12.8. The van der Waals surface area contributed by atoms with Crippen LogP contribution in [-0.2, 0) is 19.6 Å². The molecule has 1 amide bonds. The second-order valence-corrected chi connectivity index (χ2v) is 11.1. The number of aromatic nitrogens is 5. The zero-order valence-corrected chi connectivity index (χ0v) is 23.9. The lowest BCUT2D eigenvalue weighted by Crippen LogP contribution is -2.32. The first-order valence-electron chi connectivity index (χ1n) is 11.8. The number of rotatable bonds is 10. The standard InChI is InChI=1S/C25H24ClN7O5S2/c1-4-20(38-24(35)16-5-9-18(10-6-16)33-15(2)28-31-25(33)39-3)23(34)27-17-7-11-19(12-8-17)40(36,37)32-22-14-13-21(26)29-30-22/h5-14,20H,4H2,1-3H3,(H,27,34)(H,30,32). The van der Waals surface area contributed by atoms with E-state index in [2.05, 4.69) is 30.4 Å². The van der Waals surface area contributed by atoms with Crippen LogP contribution in [0.2, 0.25) is 5.15 Å². The molecule has 2 aromatic carbocycles. The molecule has 0 radical (unpaired) electrons. The van der Waals surface area contributed by atoms with Gasteiger partial charge in [-0.1, -0.05) is 30.3 Å². The summed E-state index contributed by atoms with van der Waals surface area (Å²) in [4.78, 5) is 25.5. The van der Waals surface area contributed by atoms with Crippen LogP contribution in [0.3, 0.4) is 0 Å². The number of hydrogen-bond donors (Lipinski definition) is 2. The Labute approximate surface area is 239 Å². The summed E-state index contributed by atoms with van der Waals surface area (Å²) in [7, 11) is -3.95. The van der Waals surface area contributed by atoms with E-state index in [0.717, 1.165) is 5.69 Å². The topological polar surface area (TPSA) is 158 Å². The Morgan fingerprint density at radius 2 is 1.70 bits per heavy atom. The summed E-state index contributed by atoms with van der Waals surface area (Å²) in [5.41, 5.74) is 1.39. The molecular weight excluding hydrogens is 578 g/mol. The molecule has 0 aliphatic carbocycles. The molecule has 12 nitrogen and oxygen atoms in total. The molecule has 208 valence electrons. The molecule has 15 heteroatoms. The fourth-order valence-electron chi connectivity index (χ4n) is 3.55. The fourth-order valence-corrected chi connectivity index (χ4v) is 5.19. The van der Waals surface area contributed by atoms with Crippen molar-refractivity contribution >= 4 is 56.8 Å². The van der Waals surface area contributed by atoms with E-state index in [-0.39, 0.29) is 27.9 Å². The highest BCUT2D eigenvalue weighted by atomic mass is 35.5. The molecule has 4 aromatic rings. The monoisotopic (exact) mass is 601 g/mol. The minimum atomic E-state index is -3.95. The number of sulfonamides is 1. The third-order valence-electron chi connectivity index (χ3n) is 5.55. The molecule has 0 bridgehead atoms. The molecule has 2 aromatic heterocycles. The van der Waals surface area contributed by atoms with Gasteiger partial charge in [0.15, 0.2) is 22.2 Å². The number of aryl methyl sites for hydroxylation is 1. The van der Waals surface area contributed by atoms with E-state index in [0.29, 0.717) is 16.7 Å². The maximum Gasteiger partial charge on any atom is 0.338 e. The lowest BCUT2D eigenvalue weighted by Gasteiger charge is -2.16. The van der Waals surface area contributed by atoms with E-state index in [1.54, 1.807) is 31.2 Å². The third-order valence-corrected chi connectivity index (χ3v) is 7.76. The van der Waals surface area contributed by atoms with Crippen molar-refractivity contribution in [1.82, 2.24) is 25.0 Å². The molecule has 0 saturated carbocycles. The number of amides is 1. The van der Waals surface area contributed by atoms with Gasteiger partial charge in [0.2, 0.25) is 0 Å². The molecule has 0 saturated heterocycles. The van der Waals surface area contributed by atoms with E-state index in [9.17, 15) is 18.0 Å². The molecule has 4 rings (SSSR count). The van der Waals surface area contributed by atoms with Crippen LogP contribution in [0.5, 0.6) is 0 Å². The second kappa shape index (κ2) is 12.4. The lowest BCUT2D eigenvalue weighted by atomic mass is 10.2. The fraction of sp³-hybridized carbons (Fsp3) is 0.200. The quantitative estimate of drug-likeness (QED) is 0.200. The van der Waals surface area contributed by atoms with Crippen LogP contribution in [-0.4, -0.2) is 57.6 Å². The van der Waals surface area contributed by atoms with Crippen molar-refractivity contribution in [2.24, 2.45) is 0 Å². The van der Waals surface area contributed by atoms with Gasteiger partial charge in [-0.25, -0.2) is 13.2 Å². The van der Waals surface area contributed by atoms with Gasteiger partial charge in [-0.3, -0.25) is 14.1 Å². The number of carbonyl (C=O) groups excluding carboxylic acids is 2. The normalized spacial score (nSPS) is 12.0. The first-order chi connectivity index (χ1) is 19.1. The number of carbonyl (C=O) groups is 2. The highest BCUT2D eigenvalue weighted by molar-refractivity contribution is 7.98. The number of halogens is 1. The van der Waals surface area contributed by atoms with Crippen LogP contribution in [0, 0.1) is 6.92 Å². The Morgan fingerprint density at radius 1 is 1.00 bits per heavy atom. The van der Waals surface area contributed by atoms with E-state index < -0.39 is 28.0 Å². The smallest absolute Gasteiger partial charge is 0.338 e. The van der Waals surface area contributed by atoms with Crippen LogP contribution in [0.4, 0.5) is 11.5 Å². The molecule has 2 N–H and O–H groups in total. The maximum atomic E-state index is 12.8. The summed E-state index contributed by atoms with van der Waals surface area (Å²) in [6.07, 6.45) is 1.06. The summed E-state index contributed by atoms with van der Waals surface area (Å²) in [5, 5.41) is 18.9. The van der Waals surface area contributed by atoms with Gasteiger partial charge in [0, 0.05) is 11.4 Å². The van der Waals surface area contributed by atoms with Crippen molar-refractivity contribution in [2.75, 3.05) is 16.3 Å². The van der Waals surface area contributed by atoms with Crippen molar-refractivity contribution < 1.29 is 22.7 Å². The van der Waals surface area contributed by atoms with Crippen molar-refractivity contribution in [1.29, 1.82) is 0 Å². The Bertz CT molecular complexity index is 1610. The van der Waals surface area contributed by atoms with Gasteiger partial charge in [0.25, 0.3) is 15.9 Å². The van der Waals surface area contributed by atoms with Crippen molar-refractivity contribution in [2.45, 2.75) is 36.4 Å². The van der Waals surface area contributed by atoms with E-state index >= 15 is 0 Å². The van der Waals surface area contributed by atoms with Gasteiger partial charge in [0.05, 0.1) is 10.5 Å². The first kappa shape index (κ1) is 29.0. The van der Waals surface area contributed by atoms with Gasteiger partial charge in [-0.05, 0) is 80.3 Å². The highest BCUT2D eigenvalue weighted by Crippen LogP contribution is 2.21. The second-order valence-electron chi connectivity index (χ2n) is 8.28. The molecular formula is C25H24ClN7O5S2. The molecule has 0 aliphatic rings. The van der Waals surface area contributed by atoms with E-state index in [4.69, 9.17) is 16.3 Å². The number of ether oxygens (including phenoxy) is 1. The SMILES string of the molecule is CCC(OC(=O)c1ccc(-n2c(C)nnc2SC)cc1)C(=O)Nc1ccc(S(=O)(=O)Nc2ccc(Cl)nn2)cc1. The first-order valence-corrected chi connectivity index (χ1v) is 14.9. The van der Waals surface area contributed by atoms with Gasteiger partial charge in [-0.15, -0.1) is 20.4 Å². The molecule has 2 heterocycles. The minimum absolute atomic E-state index is 0.00239. The number of benzene rings is 2. The van der Waals surface area contributed by atoms with Crippen molar-refractivity contribution in [3.63, 3.8) is 0 Å². The third kappa shape index (κ3) is 6.76. The number of esters is 1. The van der Waals surface area contributed by atoms with Crippen LogP contribution in [0.25, 0.3) is 5.69 Å². The number of nitrogens with one attached hydrogen (secondary N) is 2. The van der Waals surface area contributed by atoms with Crippen LogP contribution < -0.4 is 10.0 Å². The highest BCUT2D eigenvalue weighted by Gasteiger charge is 2.23. The summed E-state index contributed by atoms with van der Waals surface area (Å²) in [5.74, 6) is -0.498. The lowest BCUT2D eigenvalue weighted by molar-refractivity contribution is -0.124. The number of thioether (sulfide) groups is 1. The Kier molecular flexibility index (Phi) is 9.02. The molecule has 40 heavy (non-hydrogen) atoms. The summed E-state index contributed by atoms with van der Waals surface area (Å²) in [6, 6.07) is 15.0. The summed E-state index contributed by atoms with van der Waals surface area (Å²) >= 11 is 7.12. The zero-order chi connectivity index (χ0) is 28.9. The zero-order valence-electron chi connectivity index (χ0n) is 21.5. The number of anilines is 2. The van der Waals surface area contributed by atoms with Crippen molar-refractivity contribution in [3.8, 4) is 5.69 Å². The minimum Gasteiger partial charge on any atom is -0.449 e. The Balaban J connectivity index is 1.38. The predicted molar refractivity (Wildman–Crippen MR) is 150 cm³/mol. The predicted octanol–water partition coefficient (Wildman–Crippen LogP) is 4.12. The number of nitrogens with zero attached hydrogens (tertiary/aromatic N) is 5. The average Bonchev–Trinajstić information content (AvgIpc) is 3.33. The van der Waals surface area contributed by atoms with Gasteiger partial charge >= 0.3 is 5.97 Å². The van der Waals surface area contributed by atoms with Crippen molar-refractivity contribution in [3.05, 3.63) is 77.2 Å². The molecule has 1 unspecified atom stereocenters. The van der Waals surface area contributed by atoms with Crippen LogP contribution in [0.1, 0.15) is 29.5 Å². The van der Waals surface area contributed by atoms with Gasteiger partial charge in [-0.2, -0.15) is 0 Å². The van der Waals surface area contributed by atoms with Gasteiger partial charge < -0.3 is 10.1 Å². The average molecular weight is 602 g/mol. The van der Waals surface area contributed by atoms with Gasteiger partial charge in [0.1, 0.15) is 5.82 Å². The molecule has 0 fully saturated rings. The summed E-state index contributed by atoms with van der Waals surface area (Å²) in [6.45, 7) is 3.54. The van der Waals surface area contributed by atoms with E-state index in [1.807, 2.05) is 17.7 Å². The van der Waals surface area contributed by atoms with E-state index in [1.165, 1.54) is 48.2 Å². The number of hydrogen-bond acceptors (Lipinski definition) is 10. The summed E-state index contributed by atoms with van der Waals surface area (Å²) < 4.78 is 34.8.